The standard InChI is InChI=1S/C20H21N3O3S2/c1-14-9-10-18(27-14)28(25,26)23-12-4-7-16(13-23)20(24)22-17-8-2-5-15-6-3-11-21-19(15)17/h2-3,5-6,8-11,16H,4,7,12-13H2,1H3,(H,22,24). The average Bonchev–Trinajstić information content (AvgIpc) is 3.15. The molecule has 1 aliphatic rings. The van der Waals surface area contributed by atoms with Gasteiger partial charge in [0.15, 0.2) is 0 Å². The zero-order valence-electron chi connectivity index (χ0n) is 15.5. The van der Waals surface area contributed by atoms with Gasteiger partial charge in [0, 0.05) is 29.5 Å². The van der Waals surface area contributed by atoms with Gasteiger partial charge in [-0.2, -0.15) is 4.31 Å². The fourth-order valence-corrected chi connectivity index (χ4v) is 6.45. The molecule has 6 nitrogen and oxygen atoms in total. The number of rotatable bonds is 4. The number of carbonyl (C=O) groups excluding carboxylic acids is 1. The largest absolute Gasteiger partial charge is 0.324 e. The average molecular weight is 416 g/mol. The molecule has 0 saturated carbocycles. The summed E-state index contributed by atoms with van der Waals surface area (Å²) in [7, 11) is -3.56. The van der Waals surface area contributed by atoms with Crippen molar-refractivity contribution in [2.24, 2.45) is 5.92 Å². The fraction of sp³-hybridized carbons (Fsp3) is 0.300. The summed E-state index contributed by atoms with van der Waals surface area (Å²) in [6.45, 7) is 2.52. The van der Waals surface area contributed by atoms with E-state index < -0.39 is 10.0 Å². The van der Waals surface area contributed by atoms with Crippen molar-refractivity contribution in [1.29, 1.82) is 0 Å². The first kappa shape index (κ1) is 19.0. The monoisotopic (exact) mass is 415 g/mol. The van der Waals surface area contributed by atoms with Crippen molar-refractivity contribution >= 4 is 43.9 Å². The number of pyridine rings is 1. The van der Waals surface area contributed by atoms with Gasteiger partial charge in [-0.05, 0) is 44.0 Å². The van der Waals surface area contributed by atoms with Crippen LogP contribution in [0.25, 0.3) is 10.9 Å². The molecule has 1 aliphatic heterocycles. The number of aryl methyl sites for hydroxylation is 1. The highest BCUT2D eigenvalue weighted by molar-refractivity contribution is 7.91. The Morgan fingerprint density at radius 2 is 2.04 bits per heavy atom. The van der Waals surface area contributed by atoms with E-state index in [1.165, 1.54) is 15.6 Å². The number of nitrogens with one attached hydrogen (secondary N) is 1. The van der Waals surface area contributed by atoms with E-state index in [-0.39, 0.29) is 18.4 Å². The van der Waals surface area contributed by atoms with Crippen LogP contribution in [0, 0.1) is 12.8 Å². The minimum Gasteiger partial charge on any atom is -0.324 e. The third kappa shape index (κ3) is 3.67. The lowest BCUT2D eigenvalue weighted by Crippen LogP contribution is -2.43. The quantitative estimate of drug-likeness (QED) is 0.705. The summed E-state index contributed by atoms with van der Waals surface area (Å²) in [5.41, 5.74) is 1.38. The second kappa shape index (κ2) is 7.62. The van der Waals surface area contributed by atoms with Crippen LogP contribution >= 0.6 is 11.3 Å². The number of aromatic nitrogens is 1. The molecule has 1 saturated heterocycles. The summed E-state index contributed by atoms with van der Waals surface area (Å²) in [6, 6.07) is 12.9. The van der Waals surface area contributed by atoms with Crippen LogP contribution in [-0.4, -0.2) is 36.7 Å². The highest BCUT2D eigenvalue weighted by Crippen LogP contribution is 2.29. The van der Waals surface area contributed by atoms with Gasteiger partial charge in [0.05, 0.1) is 17.1 Å². The number of anilines is 1. The highest BCUT2D eigenvalue weighted by atomic mass is 32.2. The van der Waals surface area contributed by atoms with Gasteiger partial charge in [0.1, 0.15) is 4.21 Å². The Bertz CT molecular complexity index is 1120. The van der Waals surface area contributed by atoms with Gasteiger partial charge in [0.25, 0.3) is 10.0 Å². The minimum absolute atomic E-state index is 0.166. The number of piperidine rings is 1. The van der Waals surface area contributed by atoms with Crippen LogP contribution in [0.1, 0.15) is 17.7 Å². The second-order valence-corrected chi connectivity index (χ2v) is 10.4. The van der Waals surface area contributed by atoms with Gasteiger partial charge in [-0.15, -0.1) is 11.3 Å². The Hall–Kier alpha value is -2.29. The number of benzene rings is 1. The fourth-order valence-electron chi connectivity index (χ4n) is 3.49. The van der Waals surface area contributed by atoms with Gasteiger partial charge in [-0.3, -0.25) is 9.78 Å². The summed E-state index contributed by atoms with van der Waals surface area (Å²) >= 11 is 1.26. The van der Waals surface area contributed by atoms with Gasteiger partial charge in [-0.1, -0.05) is 18.2 Å². The van der Waals surface area contributed by atoms with E-state index in [0.717, 1.165) is 15.8 Å². The molecule has 1 aromatic carbocycles. The highest BCUT2D eigenvalue weighted by Gasteiger charge is 2.34. The maximum absolute atomic E-state index is 12.9. The summed E-state index contributed by atoms with van der Waals surface area (Å²) < 4.78 is 27.6. The molecule has 0 aliphatic carbocycles. The predicted molar refractivity (Wildman–Crippen MR) is 111 cm³/mol. The lowest BCUT2D eigenvalue weighted by molar-refractivity contribution is -0.120. The van der Waals surface area contributed by atoms with Crippen LogP contribution in [0.2, 0.25) is 0 Å². The molecule has 146 valence electrons. The lowest BCUT2D eigenvalue weighted by atomic mass is 9.98. The minimum atomic E-state index is -3.56. The second-order valence-electron chi connectivity index (χ2n) is 6.94. The Labute approximate surface area is 168 Å². The van der Waals surface area contributed by atoms with Crippen molar-refractivity contribution in [2.75, 3.05) is 18.4 Å². The Morgan fingerprint density at radius 1 is 1.21 bits per heavy atom. The molecule has 0 spiro atoms. The number of carbonyl (C=O) groups is 1. The Morgan fingerprint density at radius 3 is 2.82 bits per heavy atom. The van der Waals surface area contributed by atoms with Gasteiger partial charge >= 0.3 is 0 Å². The third-order valence-corrected chi connectivity index (χ3v) is 8.29. The van der Waals surface area contributed by atoms with E-state index >= 15 is 0 Å². The number of hydrogen-bond donors (Lipinski definition) is 1. The van der Waals surface area contributed by atoms with Crippen LogP contribution in [0.3, 0.4) is 0 Å². The number of nitrogens with zero attached hydrogens (tertiary/aromatic N) is 2. The van der Waals surface area contributed by atoms with E-state index in [9.17, 15) is 13.2 Å². The molecule has 0 bridgehead atoms. The summed E-state index contributed by atoms with van der Waals surface area (Å²) in [5.74, 6) is -0.552. The van der Waals surface area contributed by atoms with E-state index in [0.29, 0.717) is 29.3 Å². The van der Waals surface area contributed by atoms with Crippen LogP contribution in [-0.2, 0) is 14.8 Å². The smallest absolute Gasteiger partial charge is 0.252 e. The number of para-hydroxylation sites is 1. The van der Waals surface area contributed by atoms with Crippen molar-refractivity contribution in [3.05, 3.63) is 53.5 Å². The van der Waals surface area contributed by atoms with Crippen LogP contribution in [0.15, 0.2) is 52.9 Å². The van der Waals surface area contributed by atoms with Crippen molar-refractivity contribution < 1.29 is 13.2 Å². The van der Waals surface area contributed by atoms with Gasteiger partial charge < -0.3 is 5.32 Å². The van der Waals surface area contributed by atoms with E-state index in [2.05, 4.69) is 10.3 Å². The molecule has 2 aromatic heterocycles. The van der Waals surface area contributed by atoms with Crippen LogP contribution in [0.4, 0.5) is 5.69 Å². The number of thiophene rings is 1. The molecule has 3 aromatic rings. The van der Waals surface area contributed by atoms with E-state index in [1.807, 2.05) is 37.3 Å². The molecule has 28 heavy (non-hydrogen) atoms. The maximum atomic E-state index is 12.9. The number of fused-ring (bicyclic) bond motifs is 1. The third-order valence-electron chi connectivity index (χ3n) is 4.96. The van der Waals surface area contributed by atoms with Gasteiger partial charge in [-0.25, -0.2) is 8.42 Å². The summed E-state index contributed by atoms with van der Waals surface area (Å²) in [4.78, 5) is 18.2. The van der Waals surface area contributed by atoms with E-state index in [1.54, 1.807) is 18.3 Å². The molecule has 1 amide bonds. The Kier molecular flexibility index (Phi) is 5.18. The molecule has 8 heteroatoms. The molecule has 4 rings (SSSR count). The van der Waals surface area contributed by atoms with Crippen molar-refractivity contribution in [2.45, 2.75) is 24.0 Å². The van der Waals surface area contributed by atoms with Crippen LogP contribution in [0.5, 0.6) is 0 Å². The van der Waals surface area contributed by atoms with Crippen molar-refractivity contribution in [1.82, 2.24) is 9.29 Å². The first-order chi connectivity index (χ1) is 13.4. The molecule has 1 unspecified atom stereocenters. The van der Waals surface area contributed by atoms with E-state index in [4.69, 9.17) is 0 Å². The zero-order chi connectivity index (χ0) is 19.7. The number of amides is 1. The normalized spacial score (nSPS) is 18.2. The maximum Gasteiger partial charge on any atom is 0.252 e. The number of hydrogen-bond acceptors (Lipinski definition) is 5. The van der Waals surface area contributed by atoms with Gasteiger partial charge in [0.2, 0.25) is 5.91 Å². The molecule has 1 fully saturated rings. The molecular formula is C20H21N3O3S2. The zero-order valence-corrected chi connectivity index (χ0v) is 17.1. The Balaban J connectivity index is 1.52. The van der Waals surface area contributed by atoms with Crippen molar-refractivity contribution in [3.8, 4) is 0 Å². The predicted octanol–water partition coefficient (Wildman–Crippen LogP) is 3.64. The molecular weight excluding hydrogens is 394 g/mol. The van der Waals surface area contributed by atoms with Crippen molar-refractivity contribution in [3.63, 3.8) is 0 Å². The topological polar surface area (TPSA) is 79.4 Å². The summed E-state index contributed by atoms with van der Waals surface area (Å²) in [6.07, 6.45) is 3.02. The number of sulfonamides is 1. The first-order valence-corrected chi connectivity index (χ1v) is 11.4. The van der Waals surface area contributed by atoms with Crippen LogP contribution < -0.4 is 5.32 Å². The molecule has 1 N–H and O–H groups in total. The first-order valence-electron chi connectivity index (χ1n) is 9.16. The SMILES string of the molecule is Cc1ccc(S(=O)(=O)N2CCCC(C(=O)Nc3cccc4cccnc34)C2)s1. The lowest BCUT2D eigenvalue weighted by Gasteiger charge is -2.30. The molecule has 1 atom stereocenters. The molecule has 3 heterocycles. The summed E-state index contributed by atoms with van der Waals surface area (Å²) in [5, 5.41) is 3.90. The molecule has 0 radical (unpaired) electrons.